The van der Waals surface area contributed by atoms with E-state index in [1.165, 1.54) is 11.1 Å². The number of aliphatic imine (C=N–C) groups is 1. The molecule has 1 atom stereocenters. The summed E-state index contributed by atoms with van der Waals surface area (Å²) in [5.41, 5.74) is 2.61. The van der Waals surface area contributed by atoms with E-state index in [4.69, 9.17) is 9.73 Å². The summed E-state index contributed by atoms with van der Waals surface area (Å²) in [5.74, 6) is 0.825. The van der Waals surface area contributed by atoms with Crippen LogP contribution in [0.5, 0.6) is 0 Å². The van der Waals surface area contributed by atoms with Gasteiger partial charge >= 0.3 is 0 Å². The van der Waals surface area contributed by atoms with Gasteiger partial charge in [-0.3, -0.25) is 0 Å². The highest BCUT2D eigenvalue weighted by molar-refractivity contribution is 5.79. The van der Waals surface area contributed by atoms with Crippen LogP contribution in [0.3, 0.4) is 0 Å². The molecule has 5 nitrogen and oxygen atoms in total. The molecule has 142 valence electrons. The van der Waals surface area contributed by atoms with Gasteiger partial charge in [0.25, 0.3) is 0 Å². The number of ether oxygens (including phenoxy) is 1. The molecule has 0 bridgehead atoms. The highest BCUT2D eigenvalue weighted by Crippen LogP contribution is 2.20. The summed E-state index contributed by atoms with van der Waals surface area (Å²) in [7, 11) is 5.92. The standard InChI is InChI=1S/C20H36N4O/c1-8-21-19(23-14-18(25-7)20(2,3)4)22-13-16-9-11-17(12-10-16)15-24(5)6/h9-12,18H,8,13-15H2,1-7H3,(H2,21,22,23). The molecule has 1 aromatic rings. The van der Waals surface area contributed by atoms with Crippen molar-refractivity contribution in [3.05, 3.63) is 35.4 Å². The van der Waals surface area contributed by atoms with Crippen LogP contribution in [0.25, 0.3) is 0 Å². The Balaban J connectivity index is 2.65. The lowest BCUT2D eigenvalue weighted by molar-refractivity contribution is 0.0205. The first-order valence-electron chi connectivity index (χ1n) is 9.03. The van der Waals surface area contributed by atoms with Crippen molar-refractivity contribution in [2.75, 3.05) is 34.3 Å². The number of hydrogen-bond acceptors (Lipinski definition) is 3. The Morgan fingerprint density at radius 3 is 2.20 bits per heavy atom. The summed E-state index contributed by atoms with van der Waals surface area (Å²) < 4.78 is 5.60. The van der Waals surface area contributed by atoms with Crippen LogP contribution in [0.2, 0.25) is 0 Å². The van der Waals surface area contributed by atoms with Crippen LogP contribution in [0, 0.1) is 5.41 Å². The van der Waals surface area contributed by atoms with Crippen LogP contribution >= 0.6 is 0 Å². The first kappa shape index (κ1) is 21.5. The second-order valence-electron chi connectivity index (χ2n) is 7.72. The van der Waals surface area contributed by atoms with Gasteiger partial charge in [0.05, 0.1) is 12.6 Å². The summed E-state index contributed by atoms with van der Waals surface area (Å²) in [4.78, 5) is 6.86. The van der Waals surface area contributed by atoms with Gasteiger partial charge in [-0.25, -0.2) is 4.99 Å². The van der Waals surface area contributed by atoms with Crippen LogP contribution in [-0.4, -0.2) is 51.3 Å². The number of benzene rings is 1. The van der Waals surface area contributed by atoms with E-state index >= 15 is 0 Å². The predicted octanol–water partition coefficient (Wildman–Crippen LogP) is 2.86. The normalized spacial score (nSPS) is 13.8. The summed E-state index contributed by atoms with van der Waals surface area (Å²) in [6.07, 6.45) is 0.127. The van der Waals surface area contributed by atoms with Gasteiger partial charge in [-0.2, -0.15) is 0 Å². The lowest BCUT2D eigenvalue weighted by Crippen LogP contribution is -2.45. The topological polar surface area (TPSA) is 48.9 Å². The lowest BCUT2D eigenvalue weighted by Gasteiger charge is -2.30. The van der Waals surface area contributed by atoms with E-state index in [9.17, 15) is 0 Å². The molecule has 25 heavy (non-hydrogen) atoms. The Kier molecular flexibility index (Phi) is 8.93. The van der Waals surface area contributed by atoms with Gasteiger partial charge in [0.2, 0.25) is 0 Å². The Bertz CT molecular complexity index is 517. The maximum atomic E-state index is 5.60. The molecule has 0 spiro atoms. The Labute approximate surface area is 153 Å². The van der Waals surface area contributed by atoms with E-state index < -0.39 is 0 Å². The van der Waals surface area contributed by atoms with E-state index in [0.29, 0.717) is 6.54 Å². The fourth-order valence-electron chi connectivity index (χ4n) is 2.56. The number of nitrogens with one attached hydrogen (secondary N) is 2. The molecule has 2 N–H and O–H groups in total. The van der Waals surface area contributed by atoms with Crippen LogP contribution in [0.15, 0.2) is 29.3 Å². The summed E-state index contributed by atoms with van der Waals surface area (Å²) in [6.45, 7) is 11.8. The van der Waals surface area contributed by atoms with Crippen LogP contribution < -0.4 is 10.6 Å². The maximum Gasteiger partial charge on any atom is 0.191 e. The van der Waals surface area contributed by atoms with E-state index in [2.05, 4.69) is 81.6 Å². The van der Waals surface area contributed by atoms with Crippen molar-refractivity contribution in [2.45, 2.75) is 46.9 Å². The molecule has 1 rings (SSSR count). The lowest BCUT2D eigenvalue weighted by atomic mass is 9.89. The third-order valence-corrected chi connectivity index (χ3v) is 3.99. The maximum absolute atomic E-state index is 5.60. The summed E-state index contributed by atoms with van der Waals surface area (Å²) >= 11 is 0. The van der Waals surface area contributed by atoms with Crippen molar-refractivity contribution in [1.29, 1.82) is 0 Å². The summed E-state index contributed by atoms with van der Waals surface area (Å²) in [6, 6.07) is 8.65. The molecular formula is C20H36N4O. The zero-order chi connectivity index (χ0) is 18.9. The zero-order valence-electron chi connectivity index (χ0n) is 17.0. The molecule has 0 amide bonds. The van der Waals surface area contributed by atoms with Gasteiger partial charge in [-0.05, 0) is 37.6 Å². The van der Waals surface area contributed by atoms with Crippen LogP contribution in [0.1, 0.15) is 38.8 Å². The molecule has 0 radical (unpaired) electrons. The Morgan fingerprint density at radius 1 is 1.12 bits per heavy atom. The molecule has 0 fully saturated rings. The van der Waals surface area contributed by atoms with Gasteiger partial charge in [-0.1, -0.05) is 45.0 Å². The fraction of sp³-hybridized carbons (Fsp3) is 0.650. The average molecular weight is 349 g/mol. The summed E-state index contributed by atoms with van der Waals surface area (Å²) in [5, 5.41) is 6.69. The minimum absolute atomic E-state index is 0.0847. The number of guanidine groups is 1. The highest BCUT2D eigenvalue weighted by atomic mass is 16.5. The SMILES string of the molecule is CCNC(=NCc1ccc(CN(C)C)cc1)NCC(OC)C(C)(C)C. The van der Waals surface area contributed by atoms with Gasteiger partial charge in [0.15, 0.2) is 5.96 Å². The molecule has 0 aromatic heterocycles. The van der Waals surface area contributed by atoms with E-state index in [1.807, 2.05) is 0 Å². The monoisotopic (exact) mass is 348 g/mol. The molecule has 0 heterocycles. The Morgan fingerprint density at radius 2 is 1.72 bits per heavy atom. The number of methoxy groups -OCH3 is 1. The molecule has 0 aliphatic rings. The minimum Gasteiger partial charge on any atom is -0.379 e. The van der Waals surface area contributed by atoms with Gasteiger partial charge in [-0.15, -0.1) is 0 Å². The van der Waals surface area contributed by atoms with Gasteiger partial charge < -0.3 is 20.3 Å². The Hall–Kier alpha value is -1.59. The predicted molar refractivity (Wildman–Crippen MR) is 107 cm³/mol. The van der Waals surface area contributed by atoms with E-state index in [1.54, 1.807) is 7.11 Å². The molecular weight excluding hydrogens is 312 g/mol. The zero-order valence-corrected chi connectivity index (χ0v) is 17.0. The van der Waals surface area contributed by atoms with E-state index in [-0.39, 0.29) is 11.5 Å². The number of rotatable bonds is 8. The first-order chi connectivity index (χ1) is 11.8. The molecule has 0 saturated heterocycles. The average Bonchev–Trinajstić information content (AvgIpc) is 2.52. The van der Waals surface area contributed by atoms with Crippen molar-refractivity contribution in [1.82, 2.24) is 15.5 Å². The molecule has 0 aliphatic carbocycles. The number of nitrogens with zero attached hydrogens (tertiary/aromatic N) is 2. The quantitative estimate of drug-likeness (QED) is 0.560. The number of hydrogen-bond donors (Lipinski definition) is 2. The van der Waals surface area contributed by atoms with Crippen molar-refractivity contribution in [2.24, 2.45) is 10.4 Å². The molecule has 1 aromatic carbocycles. The molecule has 0 saturated carbocycles. The third kappa shape index (κ3) is 8.36. The molecule has 0 aliphatic heterocycles. The van der Waals surface area contributed by atoms with Crippen molar-refractivity contribution >= 4 is 5.96 Å². The smallest absolute Gasteiger partial charge is 0.191 e. The van der Waals surface area contributed by atoms with Gasteiger partial charge in [0.1, 0.15) is 0 Å². The first-order valence-corrected chi connectivity index (χ1v) is 9.03. The van der Waals surface area contributed by atoms with Crippen LogP contribution in [0.4, 0.5) is 0 Å². The minimum atomic E-state index is 0.0847. The third-order valence-electron chi connectivity index (χ3n) is 3.99. The second-order valence-corrected chi connectivity index (χ2v) is 7.72. The highest BCUT2D eigenvalue weighted by Gasteiger charge is 2.24. The largest absolute Gasteiger partial charge is 0.379 e. The van der Waals surface area contributed by atoms with Crippen LogP contribution in [-0.2, 0) is 17.8 Å². The molecule has 5 heteroatoms. The van der Waals surface area contributed by atoms with E-state index in [0.717, 1.165) is 25.6 Å². The van der Waals surface area contributed by atoms with Crippen molar-refractivity contribution in [3.63, 3.8) is 0 Å². The van der Waals surface area contributed by atoms with Crippen molar-refractivity contribution < 1.29 is 4.74 Å². The van der Waals surface area contributed by atoms with Crippen molar-refractivity contribution in [3.8, 4) is 0 Å². The molecule has 1 unspecified atom stereocenters. The second kappa shape index (κ2) is 10.4. The fourth-order valence-corrected chi connectivity index (χ4v) is 2.56. The van der Waals surface area contributed by atoms with Gasteiger partial charge in [0, 0.05) is 26.7 Å².